The molecule has 1 fully saturated rings. The molecule has 1 heterocycles. The molecule has 2 aliphatic rings. The van der Waals surface area contributed by atoms with E-state index in [4.69, 9.17) is 0 Å². The minimum absolute atomic E-state index is 0.199. The number of hydrogen-bond acceptors (Lipinski definition) is 2. The van der Waals surface area contributed by atoms with Gasteiger partial charge in [0.15, 0.2) is 0 Å². The second-order valence-electron chi connectivity index (χ2n) is 11.2. The highest BCUT2D eigenvalue weighted by atomic mass is 31.0. The lowest BCUT2D eigenvalue weighted by Crippen LogP contribution is -2.29. The molecule has 3 rings (SSSR count). The second kappa shape index (κ2) is 19.3. The Labute approximate surface area is 239 Å². The van der Waals surface area contributed by atoms with Gasteiger partial charge in [-0.2, -0.15) is 13.2 Å². The normalized spacial score (nSPS) is 16.4. The molecule has 39 heavy (non-hydrogen) atoms. The molecule has 1 aliphatic heterocycles. The second-order valence-corrected chi connectivity index (χ2v) is 11.9. The van der Waals surface area contributed by atoms with E-state index in [1.165, 1.54) is 31.7 Å². The molecule has 2 N–H and O–H groups in total. The lowest BCUT2D eigenvalue weighted by atomic mass is 9.87. The van der Waals surface area contributed by atoms with Gasteiger partial charge < -0.3 is 10.6 Å². The molecule has 0 spiro atoms. The van der Waals surface area contributed by atoms with Gasteiger partial charge in [0.2, 0.25) is 0 Å². The fraction of sp³-hybridized carbons (Fsp3) is 0.576. The molecular weight excluding hydrogens is 512 g/mol. The van der Waals surface area contributed by atoms with Crippen molar-refractivity contribution in [2.24, 2.45) is 11.8 Å². The van der Waals surface area contributed by atoms with Crippen LogP contribution in [0, 0.1) is 11.8 Å². The number of hydrogen-bond donors (Lipinski definition) is 2. The Hall–Kier alpha value is -1.84. The fourth-order valence-corrected chi connectivity index (χ4v) is 4.51. The van der Waals surface area contributed by atoms with Crippen LogP contribution in [0.25, 0.3) is 5.57 Å². The summed E-state index contributed by atoms with van der Waals surface area (Å²) in [6, 6.07) is 5.21. The third-order valence-electron chi connectivity index (χ3n) is 6.71. The Morgan fingerprint density at radius 1 is 1.08 bits per heavy atom. The van der Waals surface area contributed by atoms with Crippen molar-refractivity contribution in [2.45, 2.75) is 98.2 Å². The molecule has 1 aromatic carbocycles. The van der Waals surface area contributed by atoms with Gasteiger partial charge in [0.25, 0.3) is 0 Å². The van der Waals surface area contributed by atoms with Crippen molar-refractivity contribution in [2.75, 3.05) is 13.1 Å². The van der Waals surface area contributed by atoms with E-state index >= 15 is 0 Å². The zero-order chi connectivity index (χ0) is 30.2. The van der Waals surface area contributed by atoms with E-state index in [1.807, 2.05) is 6.07 Å². The molecule has 0 aromatic heterocycles. The van der Waals surface area contributed by atoms with Gasteiger partial charge in [-0.1, -0.05) is 79.4 Å². The number of benzene rings is 1. The number of rotatable bonds is 8. The highest BCUT2D eigenvalue weighted by Gasteiger charge is 2.34. The maximum Gasteiger partial charge on any atom is 0.417 e. The zero-order valence-electron chi connectivity index (χ0n) is 25.3. The average molecular weight is 567 g/mol. The van der Waals surface area contributed by atoms with Gasteiger partial charge >= 0.3 is 6.18 Å². The first-order chi connectivity index (χ1) is 18.2. The van der Waals surface area contributed by atoms with Crippen LogP contribution in [-0.4, -0.2) is 19.1 Å². The molecule has 1 saturated heterocycles. The monoisotopic (exact) mass is 566 g/mol. The van der Waals surface area contributed by atoms with Gasteiger partial charge in [0.05, 0.1) is 5.56 Å². The Kier molecular flexibility index (Phi) is 18.4. The summed E-state index contributed by atoms with van der Waals surface area (Å²) in [7, 11) is 2.61. The first-order valence-electron chi connectivity index (χ1n) is 14.2. The summed E-state index contributed by atoms with van der Waals surface area (Å²) in [5.41, 5.74) is 3.53. The van der Waals surface area contributed by atoms with Crippen molar-refractivity contribution >= 4 is 14.8 Å². The number of allylic oxidation sites excluding steroid dienone is 3. The van der Waals surface area contributed by atoms with E-state index in [-0.39, 0.29) is 11.5 Å². The summed E-state index contributed by atoms with van der Waals surface area (Å²) in [4.78, 5) is 0. The molecule has 0 saturated carbocycles. The maximum atomic E-state index is 13.1. The van der Waals surface area contributed by atoms with Crippen LogP contribution >= 0.6 is 9.24 Å². The van der Waals surface area contributed by atoms with E-state index in [9.17, 15) is 13.2 Å². The summed E-state index contributed by atoms with van der Waals surface area (Å²) in [5, 5.41) is 6.57. The quantitative estimate of drug-likeness (QED) is 0.242. The predicted octanol–water partition coefficient (Wildman–Crippen LogP) is 10.1. The molecule has 222 valence electrons. The zero-order valence-corrected chi connectivity index (χ0v) is 26.5. The van der Waals surface area contributed by atoms with E-state index in [0.29, 0.717) is 17.5 Å². The summed E-state index contributed by atoms with van der Waals surface area (Å²) in [6.07, 6.45) is 5.06. The molecule has 3 atom stereocenters. The highest BCUT2D eigenvalue weighted by Crippen LogP contribution is 2.37. The Bertz CT molecular complexity index is 896. The lowest BCUT2D eigenvalue weighted by Gasteiger charge is -2.24. The first kappa shape index (κ1) is 37.2. The highest BCUT2D eigenvalue weighted by molar-refractivity contribution is 7.22. The van der Waals surface area contributed by atoms with E-state index in [2.05, 4.69) is 86.9 Å². The van der Waals surface area contributed by atoms with E-state index in [0.717, 1.165) is 42.9 Å². The number of alkyl halides is 3. The minimum Gasteiger partial charge on any atom is -0.383 e. The van der Waals surface area contributed by atoms with Crippen LogP contribution in [0.2, 0.25) is 0 Å². The third-order valence-corrected chi connectivity index (χ3v) is 6.87. The van der Waals surface area contributed by atoms with Gasteiger partial charge in [-0.25, -0.2) is 0 Å². The summed E-state index contributed by atoms with van der Waals surface area (Å²) in [6.45, 7) is 27.9. The van der Waals surface area contributed by atoms with Crippen molar-refractivity contribution < 1.29 is 13.2 Å². The molecule has 1 aromatic rings. The standard InChI is InChI=1S/C15H18F3N.C12H22NP.C4H10.C2H4/c1-10(2)13-4-3-12(9-14(13)15(16,17)18)11-5-7-19-8-6-11;1-9(10(2)13-11(3)14)7-8-12-5-4-6-12;1-4(2)3;1-2/h3-4,9,11,19H,1,5-8H2,2H3;5,9-10,13H,3-4,6-8,14H2,1-2H3;4H,1-3H3;1-2H2. The van der Waals surface area contributed by atoms with Crippen molar-refractivity contribution in [3.63, 3.8) is 0 Å². The van der Waals surface area contributed by atoms with Crippen LogP contribution in [-0.2, 0) is 6.18 Å². The molecule has 2 nitrogen and oxygen atoms in total. The Morgan fingerprint density at radius 2 is 1.62 bits per heavy atom. The molecule has 0 amide bonds. The van der Waals surface area contributed by atoms with Gasteiger partial charge in [0.1, 0.15) is 0 Å². The van der Waals surface area contributed by atoms with E-state index in [1.54, 1.807) is 18.6 Å². The fourth-order valence-electron chi connectivity index (χ4n) is 4.25. The van der Waals surface area contributed by atoms with Crippen LogP contribution in [0.4, 0.5) is 13.2 Å². The molecule has 0 radical (unpaired) electrons. The third kappa shape index (κ3) is 15.5. The summed E-state index contributed by atoms with van der Waals surface area (Å²) in [5.74, 6) is 1.77. The predicted molar refractivity (Wildman–Crippen MR) is 170 cm³/mol. The number of piperidine rings is 1. The van der Waals surface area contributed by atoms with Gasteiger partial charge in [0, 0.05) is 11.5 Å². The molecule has 0 bridgehead atoms. The summed E-state index contributed by atoms with van der Waals surface area (Å²) >= 11 is 0. The van der Waals surface area contributed by atoms with Crippen LogP contribution < -0.4 is 10.6 Å². The molecule has 3 unspecified atom stereocenters. The van der Waals surface area contributed by atoms with Crippen LogP contribution in [0.3, 0.4) is 0 Å². The Balaban J connectivity index is 0.000000636. The first-order valence-corrected chi connectivity index (χ1v) is 14.8. The van der Waals surface area contributed by atoms with Crippen molar-refractivity contribution in [1.82, 2.24) is 10.6 Å². The van der Waals surface area contributed by atoms with Gasteiger partial charge in [-0.05, 0) is 100 Å². The van der Waals surface area contributed by atoms with E-state index < -0.39 is 11.7 Å². The summed E-state index contributed by atoms with van der Waals surface area (Å²) < 4.78 is 39.3. The number of halogens is 3. The SMILES string of the molecule is C=C.C=C(C)c1ccc(C2CCNCC2)cc1C(F)(F)F.C=C(P)NC(C)C(C)CCC1=CCC1.CC(C)C. The topological polar surface area (TPSA) is 24.1 Å². The minimum atomic E-state index is -4.32. The van der Waals surface area contributed by atoms with Crippen LogP contribution in [0.1, 0.15) is 103 Å². The molecule has 1 aliphatic carbocycles. The largest absolute Gasteiger partial charge is 0.417 e. The van der Waals surface area contributed by atoms with Crippen molar-refractivity contribution in [3.8, 4) is 0 Å². The lowest BCUT2D eigenvalue weighted by molar-refractivity contribution is -0.137. The number of nitrogens with one attached hydrogen (secondary N) is 2. The van der Waals surface area contributed by atoms with Gasteiger partial charge in [-0.3, -0.25) is 0 Å². The van der Waals surface area contributed by atoms with Gasteiger partial charge in [-0.15, -0.1) is 13.2 Å². The van der Waals surface area contributed by atoms with Crippen LogP contribution in [0.5, 0.6) is 0 Å². The van der Waals surface area contributed by atoms with Crippen molar-refractivity contribution in [3.05, 3.63) is 78.3 Å². The average Bonchev–Trinajstić information content (AvgIpc) is 2.83. The van der Waals surface area contributed by atoms with Crippen molar-refractivity contribution in [1.29, 1.82) is 0 Å². The smallest absolute Gasteiger partial charge is 0.383 e. The molecular formula is C33H54F3N2P. The maximum absolute atomic E-state index is 13.1. The van der Waals surface area contributed by atoms with Crippen LogP contribution in [0.15, 0.2) is 61.6 Å². The Morgan fingerprint density at radius 3 is 2.03 bits per heavy atom. The molecule has 6 heteroatoms.